The molecule has 0 radical (unpaired) electrons. The lowest BCUT2D eigenvalue weighted by Gasteiger charge is -2.14. The second-order valence-electron chi connectivity index (χ2n) is 4.29. The van der Waals surface area contributed by atoms with E-state index in [0.717, 1.165) is 5.69 Å². The molecular weight excluding hydrogens is 312 g/mol. The topological polar surface area (TPSA) is 74.2 Å². The van der Waals surface area contributed by atoms with Gasteiger partial charge < -0.3 is 10.2 Å². The molecule has 2 heterocycles. The lowest BCUT2D eigenvalue weighted by atomic mass is 10.3. The normalized spacial score (nSPS) is 10.3. The minimum Gasteiger partial charge on any atom is -0.344 e. The first-order valence-corrected chi connectivity index (χ1v) is 7.32. The molecule has 0 fully saturated rings. The number of carbonyl (C=O) groups excluding carboxylic acids is 1. The van der Waals surface area contributed by atoms with Crippen LogP contribution < -0.4 is 15.1 Å². The summed E-state index contributed by atoms with van der Waals surface area (Å²) >= 11 is 7.19. The summed E-state index contributed by atoms with van der Waals surface area (Å²) in [6.07, 6.45) is 0. The number of hydrogen-bond donors (Lipinski definition) is 1. The highest BCUT2D eigenvalue weighted by atomic mass is 35.5. The van der Waals surface area contributed by atoms with Crippen molar-refractivity contribution in [3.63, 3.8) is 0 Å². The molecule has 0 spiro atoms. The van der Waals surface area contributed by atoms with Gasteiger partial charge in [0, 0.05) is 21.1 Å². The summed E-state index contributed by atoms with van der Waals surface area (Å²) in [6.45, 7) is 0.554. The maximum absolute atomic E-state index is 11.5. The largest absolute Gasteiger partial charge is 0.344 e. The van der Waals surface area contributed by atoms with Crippen molar-refractivity contribution in [2.45, 2.75) is 6.54 Å². The van der Waals surface area contributed by atoms with E-state index >= 15 is 0 Å². The Balaban J connectivity index is 2.08. The van der Waals surface area contributed by atoms with E-state index in [4.69, 9.17) is 11.6 Å². The van der Waals surface area contributed by atoms with Crippen molar-refractivity contribution in [1.82, 2.24) is 20.5 Å². The third-order valence-corrected chi connectivity index (χ3v) is 4.03. The lowest BCUT2D eigenvalue weighted by molar-refractivity contribution is 0.249. The first-order valence-electron chi connectivity index (χ1n) is 6.12. The number of anilines is 2. The zero-order chi connectivity index (χ0) is 15.4. The van der Waals surface area contributed by atoms with Crippen LogP contribution in [0, 0.1) is 0 Å². The van der Waals surface area contributed by atoms with E-state index in [0.29, 0.717) is 22.0 Å². The van der Waals surface area contributed by atoms with Crippen LogP contribution in [0.5, 0.6) is 0 Å². The van der Waals surface area contributed by atoms with E-state index in [2.05, 4.69) is 20.5 Å². The van der Waals surface area contributed by atoms with Gasteiger partial charge in [-0.05, 0) is 12.1 Å². The van der Waals surface area contributed by atoms with Gasteiger partial charge in [0.25, 0.3) is 0 Å². The van der Waals surface area contributed by atoms with Crippen molar-refractivity contribution < 1.29 is 4.79 Å². The number of halogens is 1. The minimum atomic E-state index is -0.239. The highest BCUT2D eigenvalue weighted by Gasteiger charge is 2.16. The molecule has 21 heavy (non-hydrogen) atoms. The van der Waals surface area contributed by atoms with Crippen LogP contribution in [0.1, 0.15) is 5.69 Å². The second-order valence-corrected chi connectivity index (χ2v) is 5.61. The molecular formula is C12H15ClN6OS. The first kappa shape index (κ1) is 15.5. The van der Waals surface area contributed by atoms with Gasteiger partial charge in [0.2, 0.25) is 10.3 Å². The van der Waals surface area contributed by atoms with Crippen LogP contribution in [0.4, 0.5) is 15.1 Å². The molecule has 2 aromatic heterocycles. The van der Waals surface area contributed by atoms with Crippen molar-refractivity contribution in [1.29, 1.82) is 0 Å². The number of carbonyl (C=O) groups is 1. The van der Waals surface area contributed by atoms with Gasteiger partial charge >= 0.3 is 6.03 Å². The number of aromatic nitrogens is 3. The quantitative estimate of drug-likeness (QED) is 0.870. The van der Waals surface area contributed by atoms with Gasteiger partial charge in [-0.1, -0.05) is 29.0 Å². The number of hydrogen-bond acceptors (Lipinski definition) is 6. The Morgan fingerprint density at radius 2 is 2.05 bits per heavy atom. The highest BCUT2D eigenvalue weighted by molar-refractivity contribution is 7.19. The van der Waals surface area contributed by atoms with E-state index < -0.39 is 0 Å². The molecule has 0 aliphatic heterocycles. The fourth-order valence-corrected chi connectivity index (χ4v) is 2.55. The predicted molar refractivity (Wildman–Crippen MR) is 84.1 cm³/mol. The number of nitrogens with one attached hydrogen (secondary N) is 1. The summed E-state index contributed by atoms with van der Waals surface area (Å²) < 4.78 is 0. The summed E-state index contributed by atoms with van der Waals surface area (Å²) in [5.41, 5.74) is 0.835. The average Bonchev–Trinajstić information content (AvgIpc) is 2.95. The van der Waals surface area contributed by atoms with Gasteiger partial charge in [-0.25, -0.2) is 9.78 Å². The SMILES string of the molecule is CNC(=O)N(C)c1nnc(N(C)Cc2cccc(Cl)n2)s1. The van der Waals surface area contributed by atoms with Gasteiger partial charge in [0.1, 0.15) is 5.15 Å². The number of amides is 2. The molecule has 0 atom stereocenters. The van der Waals surface area contributed by atoms with Crippen molar-refractivity contribution in [2.75, 3.05) is 30.9 Å². The average molecular weight is 327 g/mol. The molecule has 9 heteroatoms. The van der Waals surface area contributed by atoms with Crippen molar-refractivity contribution in [2.24, 2.45) is 0 Å². The van der Waals surface area contributed by atoms with Crippen molar-refractivity contribution >= 4 is 39.2 Å². The Hall–Kier alpha value is -1.93. The Labute approximate surface area is 131 Å². The molecule has 0 unspecified atom stereocenters. The molecule has 7 nitrogen and oxygen atoms in total. The summed E-state index contributed by atoms with van der Waals surface area (Å²) in [4.78, 5) is 19.1. The van der Waals surface area contributed by atoms with Crippen LogP contribution in [0.2, 0.25) is 5.15 Å². The van der Waals surface area contributed by atoms with Crippen LogP contribution in [-0.4, -0.2) is 42.4 Å². The lowest BCUT2D eigenvalue weighted by Crippen LogP contribution is -2.34. The zero-order valence-electron chi connectivity index (χ0n) is 11.9. The summed E-state index contributed by atoms with van der Waals surface area (Å²) in [7, 11) is 5.09. The van der Waals surface area contributed by atoms with Crippen LogP contribution in [0.15, 0.2) is 18.2 Å². The van der Waals surface area contributed by atoms with Crippen LogP contribution >= 0.6 is 22.9 Å². The van der Waals surface area contributed by atoms with Crippen molar-refractivity contribution in [3.05, 3.63) is 29.0 Å². The molecule has 0 aliphatic carbocycles. The van der Waals surface area contributed by atoms with E-state index in [1.165, 1.54) is 16.2 Å². The van der Waals surface area contributed by atoms with Crippen LogP contribution in [0.3, 0.4) is 0 Å². The van der Waals surface area contributed by atoms with E-state index in [1.807, 2.05) is 24.1 Å². The maximum Gasteiger partial charge on any atom is 0.323 e. The number of rotatable bonds is 4. The summed E-state index contributed by atoms with van der Waals surface area (Å²) in [5.74, 6) is 0. The Bertz CT molecular complexity index is 634. The first-order chi connectivity index (χ1) is 10.0. The minimum absolute atomic E-state index is 0.239. The Morgan fingerprint density at radius 1 is 1.33 bits per heavy atom. The third-order valence-electron chi connectivity index (χ3n) is 2.71. The number of urea groups is 1. The number of pyridine rings is 1. The number of nitrogens with zero attached hydrogens (tertiary/aromatic N) is 5. The van der Waals surface area contributed by atoms with Crippen molar-refractivity contribution in [3.8, 4) is 0 Å². The molecule has 0 saturated carbocycles. The van der Waals surface area contributed by atoms with Gasteiger partial charge in [0.15, 0.2) is 0 Å². The summed E-state index contributed by atoms with van der Waals surface area (Å²) in [5, 5.41) is 12.3. The zero-order valence-corrected chi connectivity index (χ0v) is 13.4. The molecule has 0 saturated heterocycles. The maximum atomic E-state index is 11.5. The van der Waals surface area contributed by atoms with Gasteiger partial charge in [-0.15, -0.1) is 10.2 Å². The molecule has 0 aliphatic rings. The fourth-order valence-electron chi connectivity index (χ4n) is 1.60. The smallest absolute Gasteiger partial charge is 0.323 e. The monoisotopic (exact) mass is 326 g/mol. The predicted octanol–water partition coefficient (Wildman–Crippen LogP) is 2.00. The molecule has 1 N–H and O–H groups in total. The fraction of sp³-hybridized carbons (Fsp3) is 0.333. The highest BCUT2D eigenvalue weighted by Crippen LogP contribution is 2.26. The van der Waals surface area contributed by atoms with E-state index in [9.17, 15) is 4.79 Å². The standard InChI is InChI=1S/C12H15ClN6OS/c1-14-10(20)19(3)12-17-16-11(21-12)18(2)7-8-5-4-6-9(13)15-8/h4-6H,7H2,1-3H3,(H,14,20). The van der Waals surface area contributed by atoms with Crippen LogP contribution in [-0.2, 0) is 6.54 Å². The Kier molecular flexibility index (Phi) is 4.92. The third kappa shape index (κ3) is 3.79. The molecule has 0 bridgehead atoms. The second kappa shape index (κ2) is 6.68. The van der Waals surface area contributed by atoms with E-state index in [-0.39, 0.29) is 6.03 Å². The van der Waals surface area contributed by atoms with Crippen LogP contribution in [0.25, 0.3) is 0 Å². The summed E-state index contributed by atoms with van der Waals surface area (Å²) in [6, 6.07) is 5.23. The molecule has 0 aromatic carbocycles. The molecule has 2 amide bonds. The molecule has 112 valence electrons. The van der Waals surface area contributed by atoms with Gasteiger partial charge in [-0.3, -0.25) is 4.90 Å². The van der Waals surface area contributed by atoms with Gasteiger partial charge in [-0.2, -0.15) is 0 Å². The molecule has 2 rings (SSSR count). The van der Waals surface area contributed by atoms with E-state index in [1.54, 1.807) is 20.2 Å². The Morgan fingerprint density at radius 3 is 2.71 bits per heavy atom. The van der Waals surface area contributed by atoms with Gasteiger partial charge in [0.05, 0.1) is 12.2 Å². The molecule has 2 aromatic rings.